The fourth-order valence-electron chi connectivity index (χ4n) is 2.80. The number of nitrogens with zero attached hydrogens (tertiary/aromatic N) is 3. The molecule has 0 spiro atoms. The highest BCUT2D eigenvalue weighted by atomic mass is 19.4. The molecule has 0 saturated carbocycles. The van der Waals surface area contributed by atoms with Crippen molar-refractivity contribution in [2.75, 3.05) is 19.5 Å². The van der Waals surface area contributed by atoms with Gasteiger partial charge in [0.05, 0.1) is 0 Å². The van der Waals surface area contributed by atoms with E-state index in [-0.39, 0.29) is 24.1 Å². The average Bonchev–Trinajstić information content (AvgIpc) is 2.81. The van der Waals surface area contributed by atoms with E-state index in [1.165, 1.54) is 14.2 Å². The zero-order valence-corrected chi connectivity index (χ0v) is 17.7. The Labute approximate surface area is 187 Å². The van der Waals surface area contributed by atoms with Crippen LogP contribution in [0.25, 0.3) is 0 Å². The van der Waals surface area contributed by atoms with Crippen molar-refractivity contribution >= 4 is 23.3 Å². The van der Waals surface area contributed by atoms with Gasteiger partial charge in [-0.1, -0.05) is 47.6 Å². The van der Waals surface area contributed by atoms with E-state index < -0.39 is 17.8 Å². The van der Waals surface area contributed by atoms with Gasteiger partial charge >= 0.3 is 6.18 Å². The van der Waals surface area contributed by atoms with Gasteiger partial charge in [0.15, 0.2) is 11.4 Å². The van der Waals surface area contributed by atoms with E-state index in [9.17, 15) is 18.0 Å². The number of amides is 1. The highest BCUT2D eigenvalue weighted by Crippen LogP contribution is 2.31. The largest absolute Gasteiger partial charge is 0.473 e. The normalized spacial score (nSPS) is 11.6. The molecule has 3 aromatic rings. The van der Waals surface area contributed by atoms with Crippen molar-refractivity contribution in [1.29, 1.82) is 0 Å². The average molecular weight is 459 g/mol. The zero-order chi connectivity index (χ0) is 23.8. The van der Waals surface area contributed by atoms with Crippen LogP contribution in [0.1, 0.15) is 16.8 Å². The number of oxime groups is 1. The highest BCUT2D eigenvalue weighted by Gasteiger charge is 2.34. The summed E-state index contributed by atoms with van der Waals surface area (Å²) in [7, 11) is 2.73. The maximum atomic E-state index is 13.4. The molecular formula is C22H20F3N5O3. The summed E-state index contributed by atoms with van der Waals surface area (Å²) >= 11 is 0. The third-order valence-corrected chi connectivity index (χ3v) is 4.30. The first-order chi connectivity index (χ1) is 15.8. The fraction of sp³-hybridized carbons (Fsp3) is 0.182. The molecular weight excluding hydrogens is 439 g/mol. The molecule has 1 heterocycles. The second-order valence-electron chi connectivity index (χ2n) is 6.55. The van der Waals surface area contributed by atoms with Gasteiger partial charge in [0.2, 0.25) is 11.8 Å². The topological polar surface area (TPSA) is 97.7 Å². The number of carbonyl (C=O) groups excluding carboxylic acids is 1. The molecule has 0 fully saturated rings. The van der Waals surface area contributed by atoms with Gasteiger partial charge in [-0.25, -0.2) is 4.98 Å². The van der Waals surface area contributed by atoms with Crippen LogP contribution in [0.3, 0.4) is 0 Å². The number of carbonyl (C=O) groups is 1. The van der Waals surface area contributed by atoms with E-state index in [1.807, 2.05) is 0 Å². The first-order valence-electron chi connectivity index (χ1n) is 9.64. The molecule has 0 atom stereocenters. The molecule has 1 amide bonds. The van der Waals surface area contributed by atoms with Crippen LogP contribution in [0.15, 0.2) is 65.8 Å². The molecule has 11 heteroatoms. The summed E-state index contributed by atoms with van der Waals surface area (Å²) in [4.78, 5) is 24.5. The molecule has 0 bridgehead atoms. The lowest BCUT2D eigenvalue weighted by Crippen LogP contribution is -2.29. The number of likely N-dealkylation sites (N-methyl/N-ethyl adjacent to an activating group) is 1. The first-order valence-corrected chi connectivity index (χ1v) is 9.64. The van der Waals surface area contributed by atoms with Crippen LogP contribution in [0, 0.1) is 0 Å². The Bertz CT molecular complexity index is 1140. The van der Waals surface area contributed by atoms with Gasteiger partial charge in [-0.3, -0.25) is 4.79 Å². The van der Waals surface area contributed by atoms with Gasteiger partial charge in [-0.15, -0.1) is 0 Å². The highest BCUT2D eigenvalue weighted by molar-refractivity contribution is 6.45. The second-order valence-corrected chi connectivity index (χ2v) is 6.55. The quantitative estimate of drug-likeness (QED) is 0.392. The fourth-order valence-corrected chi connectivity index (χ4v) is 2.80. The number of ether oxygens (including phenoxy) is 1. The van der Waals surface area contributed by atoms with Crippen molar-refractivity contribution in [3.63, 3.8) is 0 Å². The summed E-state index contributed by atoms with van der Waals surface area (Å²) in [6.45, 7) is -0.186. The Kier molecular flexibility index (Phi) is 7.44. The molecule has 1 aromatic heterocycles. The van der Waals surface area contributed by atoms with Crippen molar-refractivity contribution in [2.24, 2.45) is 5.16 Å². The molecule has 2 N–H and O–H groups in total. The van der Waals surface area contributed by atoms with Crippen LogP contribution in [0.5, 0.6) is 5.88 Å². The number of nitrogens with one attached hydrogen (secondary N) is 2. The van der Waals surface area contributed by atoms with E-state index in [0.29, 0.717) is 22.9 Å². The second kappa shape index (κ2) is 10.4. The molecule has 0 aliphatic rings. The van der Waals surface area contributed by atoms with Crippen LogP contribution < -0.4 is 15.4 Å². The first kappa shape index (κ1) is 23.5. The Hall–Kier alpha value is -4.15. The smallest absolute Gasteiger partial charge is 0.433 e. The number of benzene rings is 2. The number of aromatic nitrogens is 2. The van der Waals surface area contributed by atoms with Crippen LogP contribution in [-0.2, 0) is 22.4 Å². The van der Waals surface area contributed by atoms with Crippen LogP contribution in [0.4, 0.5) is 24.8 Å². The molecule has 172 valence electrons. The minimum Gasteiger partial charge on any atom is -0.473 e. The predicted octanol–water partition coefficient (Wildman–Crippen LogP) is 3.91. The Morgan fingerprint density at radius 1 is 1.06 bits per heavy atom. The molecule has 8 nitrogen and oxygen atoms in total. The number of hydrogen-bond acceptors (Lipinski definition) is 7. The van der Waals surface area contributed by atoms with Gasteiger partial charge in [-0.2, -0.15) is 18.2 Å². The number of halogens is 3. The minimum absolute atomic E-state index is 0.00991. The van der Waals surface area contributed by atoms with Crippen LogP contribution in [0.2, 0.25) is 0 Å². The van der Waals surface area contributed by atoms with Crippen molar-refractivity contribution in [3.05, 3.63) is 77.5 Å². The van der Waals surface area contributed by atoms with Crippen molar-refractivity contribution in [1.82, 2.24) is 15.3 Å². The number of alkyl halides is 3. The van der Waals surface area contributed by atoms with Crippen molar-refractivity contribution < 1.29 is 27.5 Å². The standard InChI is InChI=1S/C22H20F3N5O3/c1-26-20(31)19(30-32-2)16-11-7-6-8-14(16)13-33-18-12-17(22(23,24)25)28-21(29-18)27-15-9-4-3-5-10-15/h3-12H,13H2,1-2H3,(H,26,31)(H,27,28,29)/b30-19+. The minimum atomic E-state index is -4.70. The van der Waals surface area contributed by atoms with Crippen molar-refractivity contribution in [2.45, 2.75) is 12.8 Å². The number of hydrogen-bond donors (Lipinski definition) is 2. The number of para-hydroxylation sites is 1. The monoisotopic (exact) mass is 459 g/mol. The summed E-state index contributed by atoms with van der Waals surface area (Å²) in [5.74, 6) is -1.07. The molecule has 0 radical (unpaired) electrons. The summed E-state index contributed by atoms with van der Waals surface area (Å²) in [5, 5.41) is 8.95. The summed E-state index contributed by atoms with van der Waals surface area (Å²) < 4.78 is 45.7. The van der Waals surface area contributed by atoms with Gasteiger partial charge in [0, 0.05) is 24.4 Å². The van der Waals surface area contributed by atoms with Gasteiger partial charge < -0.3 is 20.2 Å². The molecule has 2 aromatic carbocycles. The van der Waals surface area contributed by atoms with Crippen LogP contribution in [-0.4, -0.2) is 35.7 Å². The lowest BCUT2D eigenvalue weighted by Gasteiger charge is -2.14. The maximum absolute atomic E-state index is 13.4. The summed E-state index contributed by atoms with van der Waals surface area (Å²) in [6.07, 6.45) is -4.70. The Balaban J connectivity index is 1.91. The van der Waals surface area contributed by atoms with Crippen LogP contribution >= 0.6 is 0 Å². The van der Waals surface area contributed by atoms with E-state index in [1.54, 1.807) is 54.6 Å². The van der Waals surface area contributed by atoms with E-state index in [0.717, 1.165) is 0 Å². The Morgan fingerprint density at radius 2 is 1.76 bits per heavy atom. The van der Waals surface area contributed by atoms with E-state index in [4.69, 9.17) is 9.57 Å². The summed E-state index contributed by atoms with van der Waals surface area (Å²) in [6, 6.07) is 15.9. The molecule has 0 aliphatic heterocycles. The van der Waals surface area contributed by atoms with E-state index in [2.05, 4.69) is 25.8 Å². The van der Waals surface area contributed by atoms with Gasteiger partial charge in [0.1, 0.15) is 13.7 Å². The van der Waals surface area contributed by atoms with E-state index >= 15 is 0 Å². The number of rotatable bonds is 8. The Morgan fingerprint density at radius 3 is 2.42 bits per heavy atom. The molecule has 3 rings (SSSR count). The summed E-state index contributed by atoms with van der Waals surface area (Å²) in [5.41, 5.74) is 0.225. The molecule has 33 heavy (non-hydrogen) atoms. The lowest BCUT2D eigenvalue weighted by molar-refractivity contribution is -0.141. The molecule has 0 saturated heterocycles. The van der Waals surface area contributed by atoms with Gasteiger partial charge in [0.25, 0.3) is 5.91 Å². The number of anilines is 2. The maximum Gasteiger partial charge on any atom is 0.433 e. The lowest BCUT2D eigenvalue weighted by atomic mass is 10.0. The zero-order valence-electron chi connectivity index (χ0n) is 17.7. The molecule has 0 unspecified atom stereocenters. The van der Waals surface area contributed by atoms with Crippen molar-refractivity contribution in [3.8, 4) is 5.88 Å². The third-order valence-electron chi connectivity index (χ3n) is 4.30. The van der Waals surface area contributed by atoms with Gasteiger partial charge in [-0.05, 0) is 17.7 Å². The third kappa shape index (κ3) is 6.19. The SMILES string of the molecule is CNC(=O)/C(=N/OC)c1ccccc1COc1cc(C(F)(F)F)nc(Nc2ccccc2)n1. The molecule has 0 aliphatic carbocycles. The predicted molar refractivity (Wildman–Crippen MR) is 115 cm³/mol.